The van der Waals surface area contributed by atoms with Crippen LogP contribution in [0, 0.1) is 0 Å². The molecular weight excluding hydrogens is 295 g/mol. The average molecular weight is 302 g/mol. The molecule has 5 nitrogen and oxygen atoms in total. The minimum absolute atomic E-state index is 0.236. The highest BCUT2D eigenvalue weighted by Gasteiger charge is 2.11. The molecule has 0 atom stereocenters. The molecule has 0 fully saturated rings. The monoisotopic (exact) mass is 300 g/mol. The second kappa shape index (κ2) is 4.71. The van der Waals surface area contributed by atoms with Gasteiger partial charge in [0.1, 0.15) is 5.75 Å². The quantitative estimate of drug-likeness (QED) is 0.852. The van der Waals surface area contributed by atoms with Crippen LogP contribution in [0.5, 0.6) is 5.75 Å². The Kier molecular flexibility index (Phi) is 3.31. The predicted molar refractivity (Wildman–Crippen MR) is 62.3 cm³/mol. The molecular formula is C9H6BrClN4O. The van der Waals surface area contributed by atoms with E-state index in [1.165, 1.54) is 6.20 Å². The zero-order chi connectivity index (χ0) is 11.5. The Balaban J connectivity index is 2.51. The first-order chi connectivity index (χ1) is 7.70. The summed E-state index contributed by atoms with van der Waals surface area (Å²) < 4.78 is 5.99. The molecule has 2 rings (SSSR count). The number of hydrogen-bond acceptors (Lipinski definition) is 5. The number of ether oxygens (including phenoxy) is 1. The van der Waals surface area contributed by atoms with Gasteiger partial charge < -0.3 is 4.74 Å². The van der Waals surface area contributed by atoms with E-state index in [-0.39, 0.29) is 5.15 Å². The Labute approximate surface area is 105 Å². The van der Waals surface area contributed by atoms with E-state index in [0.29, 0.717) is 17.3 Å². The Morgan fingerprint density at radius 1 is 1.25 bits per heavy atom. The third-order valence-electron chi connectivity index (χ3n) is 1.78. The Morgan fingerprint density at radius 2 is 2.06 bits per heavy atom. The van der Waals surface area contributed by atoms with Crippen LogP contribution < -0.4 is 4.74 Å². The van der Waals surface area contributed by atoms with E-state index >= 15 is 0 Å². The summed E-state index contributed by atoms with van der Waals surface area (Å²) in [6, 6.07) is 1.78. The zero-order valence-corrected chi connectivity index (χ0v) is 10.5. The number of halogens is 2. The third kappa shape index (κ3) is 2.28. The molecule has 0 saturated heterocycles. The van der Waals surface area contributed by atoms with Gasteiger partial charge in [0.25, 0.3) is 0 Å². The van der Waals surface area contributed by atoms with Gasteiger partial charge in [0, 0.05) is 10.7 Å². The molecule has 0 bridgehead atoms. The van der Waals surface area contributed by atoms with Crippen molar-refractivity contribution < 1.29 is 4.74 Å². The number of pyridine rings is 1. The predicted octanol–water partition coefficient (Wildman–Crippen LogP) is 2.36. The molecule has 0 aromatic carbocycles. The normalized spacial score (nSPS) is 10.2. The van der Waals surface area contributed by atoms with Crippen LogP contribution in [0.3, 0.4) is 0 Å². The molecule has 0 aliphatic rings. The minimum Gasteiger partial charge on any atom is -0.494 e. The van der Waals surface area contributed by atoms with Crippen molar-refractivity contribution in [3.05, 3.63) is 28.1 Å². The van der Waals surface area contributed by atoms with Crippen LogP contribution in [0.1, 0.15) is 0 Å². The minimum atomic E-state index is 0.236. The van der Waals surface area contributed by atoms with Gasteiger partial charge in [-0.25, -0.2) is 9.97 Å². The van der Waals surface area contributed by atoms with E-state index in [2.05, 4.69) is 36.1 Å². The van der Waals surface area contributed by atoms with E-state index in [1.54, 1.807) is 19.4 Å². The van der Waals surface area contributed by atoms with Gasteiger partial charge in [-0.3, -0.25) is 0 Å². The molecule has 0 aliphatic carbocycles. The van der Waals surface area contributed by atoms with Crippen LogP contribution in [-0.2, 0) is 0 Å². The first-order valence-electron chi connectivity index (χ1n) is 4.26. The molecule has 0 spiro atoms. The van der Waals surface area contributed by atoms with Crippen LogP contribution in [-0.4, -0.2) is 27.3 Å². The Bertz CT molecular complexity index is 505. The van der Waals surface area contributed by atoms with Gasteiger partial charge in [0.05, 0.1) is 13.3 Å². The fourth-order valence-corrected chi connectivity index (χ4v) is 1.51. The van der Waals surface area contributed by atoms with Crippen molar-refractivity contribution in [3.63, 3.8) is 0 Å². The van der Waals surface area contributed by atoms with Crippen molar-refractivity contribution in [1.29, 1.82) is 0 Å². The first-order valence-corrected chi connectivity index (χ1v) is 5.43. The lowest BCUT2D eigenvalue weighted by atomic mass is 10.3. The highest BCUT2D eigenvalue weighted by molar-refractivity contribution is 9.10. The molecule has 0 unspecified atom stereocenters. The Hall–Kier alpha value is -1.27. The smallest absolute Gasteiger partial charge is 0.204 e. The van der Waals surface area contributed by atoms with Crippen LogP contribution in [0.15, 0.2) is 22.9 Å². The van der Waals surface area contributed by atoms with E-state index < -0.39 is 0 Å². The van der Waals surface area contributed by atoms with E-state index in [4.69, 9.17) is 16.3 Å². The van der Waals surface area contributed by atoms with Crippen molar-refractivity contribution in [2.45, 2.75) is 0 Å². The van der Waals surface area contributed by atoms with Crippen LogP contribution >= 0.6 is 27.5 Å². The molecule has 2 aromatic rings. The van der Waals surface area contributed by atoms with Crippen molar-refractivity contribution in [2.24, 2.45) is 0 Å². The molecule has 0 aliphatic heterocycles. The molecule has 0 saturated carbocycles. The lowest BCUT2D eigenvalue weighted by Crippen LogP contribution is -1.97. The summed E-state index contributed by atoms with van der Waals surface area (Å²) >= 11 is 8.90. The molecule has 2 aromatic heterocycles. The van der Waals surface area contributed by atoms with E-state index in [0.717, 1.165) is 4.47 Å². The second-order valence-corrected chi connectivity index (χ2v) is 4.11. The summed E-state index contributed by atoms with van der Waals surface area (Å²) in [5.41, 5.74) is 0.523. The largest absolute Gasteiger partial charge is 0.494 e. The lowest BCUT2D eigenvalue weighted by Gasteiger charge is -2.05. The number of methoxy groups -OCH3 is 1. The third-order valence-corrected chi connectivity index (χ3v) is 2.39. The fourth-order valence-electron chi connectivity index (χ4n) is 1.11. The van der Waals surface area contributed by atoms with Gasteiger partial charge in [-0.1, -0.05) is 11.6 Å². The zero-order valence-electron chi connectivity index (χ0n) is 8.19. The van der Waals surface area contributed by atoms with E-state index in [1.807, 2.05) is 0 Å². The highest BCUT2D eigenvalue weighted by atomic mass is 79.9. The van der Waals surface area contributed by atoms with Crippen LogP contribution in [0.25, 0.3) is 11.5 Å². The van der Waals surface area contributed by atoms with Gasteiger partial charge in [0.2, 0.25) is 5.82 Å². The summed E-state index contributed by atoms with van der Waals surface area (Å²) in [4.78, 5) is 8.19. The maximum absolute atomic E-state index is 5.60. The van der Waals surface area contributed by atoms with Crippen molar-refractivity contribution in [1.82, 2.24) is 20.2 Å². The topological polar surface area (TPSA) is 60.8 Å². The summed E-state index contributed by atoms with van der Waals surface area (Å²) in [5, 5.41) is 7.77. The van der Waals surface area contributed by atoms with Gasteiger partial charge in [-0.15, -0.1) is 10.2 Å². The summed E-state index contributed by atoms with van der Waals surface area (Å²) in [7, 11) is 1.55. The molecule has 2 heterocycles. The fraction of sp³-hybridized carbons (Fsp3) is 0.111. The van der Waals surface area contributed by atoms with Gasteiger partial charge in [0.15, 0.2) is 10.8 Å². The summed E-state index contributed by atoms with van der Waals surface area (Å²) in [5.74, 6) is 0.937. The van der Waals surface area contributed by atoms with Gasteiger partial charge >= 0.3 is 0 Å². The molecule has 0 amide bonds. The van der Waals surface area contributed by atoms with Crippen molar-refractivity contribution in [2.75, 3.05) is 7.11 Å². The number of rotatable bonds is 2. The summed E-state index contributed by atoms with van der Waals surface area (Å²) in [6.45, 7) is 0. The van der Waals surface area contributed by atoms with Gasteiger partial charge in [-0.05, 0) is 22.0 Å². The average Bonchev–Trinajstić information content (AvgIpc) is 2.30. The standard InChI is InChI=1S/C9H6BrClN4O/c1-16-6-2-5(10)3-12-8(6)9-13-4-7(11)14-15-9/h2-4H,1H3. The van der Waals surface area contributed by atoms with Crippen molar-refractivity contribution >= 4 is 27.5 Å². The molecule has 7 heteroatoms. The summed E-state index contributed by atoms with van der Waals surface area (Å²) in [6.07, 6.45) is 3.04. The lowest BCUT2D eigenvalue weighted by molar-refractivity contribution is 0.414. The van der Waals surface area contributed by atoms with E-state index in [9.17, 15) is 0 Å². The molecule has 0 N–H and O–H groups in total. The second-order valence-electron chi connectivity index (χ2n) is 2.81. The van der Waals surface area contributed by atoms with Crippen LogP contribution in [0.2, 0.25) is 5.15 Å². The number of nitrogens with zero attached hydrogens (tertiary/aromatic N) is 4. The maximum Gasteiger partial charge on any atom is 0.204 e. The number of hydrogen-bond donors (Lipinski definition) is 0. The number of aromatic nitrogens is 4. The van der Waals surface area contributed by atoms with Gasteiger partial charge in [-0.2, -0.15) is 0 Å². The SMILES string of the molecule is COc1cc(Br)cnc1-c1ncc(Cl)nn1. The maximum atomic E-state index is 5.60. The molecule has 0 radical (unpaired) electrons. The first kappa shape index (κ1) is 11.2. The Morgan fingerprint density at radius 3 is 2.69 bits per heavy atom. The molecule has 82 valence electrons. The van der Waals surface area contributed by atoms with Crippen LogP contribution in [0.4, 0.5) is 0 Å². The van der Waals surface area contributed by atoms with Crippen molar-refractivity contribution in [3.8, 4) is 17.3 Å². The highest BCUT2D eigenvalue weighted by Crippen LogP contribution is 2.27. The molecule has 16 heavy (non-hydrogen) atoms.